The van der Waals surface area contributed by atoms with E-state index in [2.05, 4.69) is 22.3 Å². The molecular formula is C19H25N3O. The van der Waals surface area contributed by atoms with Crippen molar-refractivity contribution >= 4 is 11.6 Å². The van der Waals surface area contributed by atoms with Crippen molar-refractivity contribution in [2.75, 3.05) is 39.6 Å². The van der Waals surface area contributed by atoms with Crippen LogP contribution in [-0.2, 0) is 0 Å². The number of rotatable bonds is 6. The summed E-state index contributed by atoms with van der Waals surface area (Å²) in [5, 5.41) is 3.05. The Bertz CT molecular complexity index is 638. The summed E-state index contributed by atoms with van der Waals surface area (Å²) >= 11 is 0. The van der Waals surface area contributed by atoms with Gasteiger partial charge in [-0.05, 0) is 37.9 Å². The summed E-state index contributed by atoms with van der Waals surface area (Å²) in [6.07, 6.45) is 0. The standard InChI is InChI=1S/C19H25N3O/c1-21(2)17-12-8-11-16(13-17)19(23)20-14-18(22(3)4)15-9-6-5-7-10-15/h5-13,18H,14H2,1-4H3,(H,20,23)/t18-/m1/s1. The zero-order chi connectivity index (χ0) is 16.8. The largest absolute Gasteiger partial charge is 0.378 e. The molecule has 0 saturated carbocycles. The van der Waals surface area contributed by atoms with Gasteiger partial charge in [0.1, 0.15) is 0 Å². The maximum atomic E-state index is 12.4. The molecule has 122 valence electrons. The quantitative estimate of drug-likeness (QED) is 0.891. The van der Waals surface area contributed by atoms with E-state index in [0.717, 1.165) is 5.69 Å². The van der Waals surface area contributed by atoms with Crippen molar-refractivity contribution in [2.45, 2.75) is 6.04 Å². The Hall–Kier alpha value is -2.33. The highest BCUT2D eigenvalue weighted by atomic mass is 16.1. The van der Waals surface area contributed by atoms with Gasteiger partial charge in [0.2, 0.25) is 0 Å². The van der Waals surface area contributed by atoms with Gasteiger partial charge in [0.05, 0.1) is 6.04 Å². The van der Waals surface area contributed by atoms with Gasteiger partial charge in [0.15, 0.2) is 0 Å². The Labute approximate surface area is 138 Å². The maximum Gasteiger partial charge on any atom is 0.251 e. The van der Waals surface area contributed by atoms with E-state index in [0.29, 0.717) is 12.1 Å². The van der Waals surface area contributed by atoms with Crippen molar-refractivity contribution in [1.82, 2.24) is 10.2 Å². The highest BCUT2D eigenvalue weighted by molar-refractivity contribution is 5.95. The minimum Gasteiger partial charge on any atom is -0.378 e. The number of nitrogens with one attached hydrogen (secondary N) is 1. The molecule has 0 bridgehead atoms. The van der Waals surface area contributed by atoms with Crippen molar-refractivity contribution in [2.24, 2.45) is 0 Å². The number of benzene rings is 2. The van der Waals surface area contributed by atoms with Crippen molar-refractivity contribution in [3.05, 3.63) is 65.7 Å². The van der Waals surface area contributed by atoms with Gasteiger partial charge in [-0.2, -0.15) is 0 Å². The van der Waals surface area contributed by atoms with E-state index in [-0.39, 0.29) is 11.9 Å². The number of carbonyl (C=O) groups is 1. The summed E-state index contributed by atoms with van der Waals surface area (Å²) in [4.78, 5) is 16.5. The normalized spacial score (nSPS) is 12.0. The molecule has 2 rings (SSSR count). The molecule has 0 spiro atoms. The third kappa shape index (κ3) is 4.57. The van der Waals surface area contributed by atoms with Gasteiger partial charge in [-0.25, -0.2) is 0 Å². The fourth-order valence-electron chi connectivity index (χ4n) is 2.49. The molecule has 4 heteroatoms. The molecule has 1 amide bonds. The van der Waals surface area contributed by atoms with Crippen molar-refractivity contribution in [3.8, 4) is 0 Å². The molecule has 0 fully saturated rings. The molecular weight excluding hydrogens is 286 g/mol. The van der Waals surface area contributed by atoms with Gasteiger partial charge in [0, 0.05) is 31.9 Å². The first kappa shape index (κ1) is 17.0. The summed E-state index contributed by atoms with van der Waals surface area (Å²) in [7, 11) is 7.98. The predicted octanol–water partition coefficient (Wildman–Crippen LogP) is 2.79. The fourth-order valence-corrected chi connectivity index (χ4v) is 2.49. The molecule has 0 aliphatic heterocycles. The summed E-state index contributed by atoms with van der Waals surface area (Å²) in [5.74, 6) is -0.0449. The van der Waals surface area contributed by atoms with Crippen LogP contribution in [0, 0.1) is 0 Å². The molecule has 23 heavy (non-hydrogen) atoms. The lowest BCUT2D eigenvalue weighted by molar-refractivity contribution is 0.0942. The number of likely N-dealkylation sites (N-methyl/N-ethyl adjacent to an activating group) is 1. The topological polar surface area (TPSA) is 35.6 Å². The molecule has 1 atom stereocenters. The highest BCUT2D eigenvalue weighted by Gasteiger charge is 2.15. The number of hydrogen-bond donors (Lipinski definition) is 1. The fraction of sp³-hybridized carbons (Fsp3) is 0.316. The first-order chi connectivity index (χ1) is 11.0. The van der Waals surface area contributed by atoms with E-state index in [1.54, 1.807) is 0 Å². The van der Waals surface area contributed by atoms with Gasteiger partial charge >= 0.3 is 0 Å². The minimum absolute atomic E-state index is 0.0449. The molecule has 0 aromatic heterocycles. The second kappa shape index (κ2) is 7.79. The number of amides is 1. The molecule has 2 aromatic rings. The van der Waals surface area contributed by atoms with Crippen LogP contribution in [0.1, 0.15) is 22.0 Å². The van der Waals surface area contributed by atoms with E-state index in [1.807, 2.05) is 75.6 Å². The third-order valence-corrected chi connectivity index (χ3v) is 3.89. The van der Waals surface area contributed by atoms with Crippen molar-refractivity contribution in [1.29, 1.82) is 0 Å². The minimum atomic E-state index is -0.0449. The van der Waals surface area contributed by atoms with Crippen molar-refractivity contribution < 1.29 is 4.79 Å². The number of hydrogen-bond acceptors (Lipinski definition) is 3. The molecule has 0 unspecified atom stereocenters. The molecule has 0 heterocycles. The zero-order valence-electron chi connectivity index (χ0n) is 14.3. The van der Waals surface area contributed by atoms with Gasteiger partial charge in [-0.3, -0.25) is 4.79 Å². The number of nitrogens with zero attached hydrogens (tertiary/aromatic N) is 2. The van der Waals surface area contributed by atoms with Gasteiger partial charge < -0.3 is 15.1 Å². The Balaban J connectivity index is 2.06. The molecule has 0 radical (unpaired) electrons. The number of anilines is 1. The number of carbonyl (C=O) groups excluding carboxylic acids is 1. The molecule has 0 aliphatic rings. The average Bonchev–Trinajstić information content (AvgIpc) is 2.55. The van der Waals surface area contributed by atoms with E-state index in [1.165, 1.54) is 5.56 Å². The van der Waals surface area contributed by atoms with Crippen LogP contribution in [0.4, 0.5) is 5.69 Å². The maximum absolute atomic E-state index is 12.4. The SMILES string of the molecule is CN(C)c1cccc(C(=O)NC[C@H](c2ccccc2)N(C)C)c1. The lowest BCUT2D eigenvalue weighted by Gasteiger charge is -2.25. The van der Waals surface area contributed by atoms with E-state index in [9.17, 15) is 4.79 Å². The summed E-state index contributed by atoms with van der Waals surface area (Å²) in [6.45, 7) is 0.571. The average molecular weight is 311 g/mol. The van der Waals surface area contributed by atoms with Gasteiger partial charge in [-0.1, -0.05) is 36.4 Å². The lowest BCUT2D eigenvalue weighted by Crippen LogP contribution is -2.34. The smallest absolute Gasteiger partial charge is 0.251 e. The Morgan fingerprint density at radius 3 is 2.30 bits per heavy atom. The highest BCUT2D eigenvalue weighted by Crippen LogP contribution is 2.17. The van der Waals surface area contributed by atoms with E-state index >= 15 is 0 Å². The van der Waals surface area contributed by atoms with Crippen LogP contribution >= 0.6 is 0 Å². The van der Waals surface area contributed by atoms with Crippen LogP contribution in [0.15, 0.2) is 54.6 Å². The van der Waals surface area contributed by atoms with E-state index in [4.69, 9.17) is 0 Å². The second-order valence-electron chi connectivity index (χ2n) is 6.04. The van der Waals surface area contributed by atoms with Crippen LogP contribution in [0.5, 0.6) is 0 Å². The molecule has 4 nitrogen and oxygen atoms in total. The van der Waals surface area contributed by atoms with Gasteiger partial charge in [0.25, 0.3) is 5.91 Å². The monoisotopic (exact) mass is 311 g/mol. The first-order valence-corrected chi connectivity index (χ1v) is 7.76. The van der Waals surface area contributed by atoms with Crippen LogP contribution in [0.3, 0.4) is 0 Å². The van der Waals surface area contributed by atoms with Crippen LogP contribution in [0.25, 0.3) is 0 Å². The van der Waals surface area contributed by atoms with E-state index < -0.39 is 0 Å². The molecule has 0 aliphatic carbocycles. The summed E-state index contributed by atoms with van der Waals surface area (Å²) < 4.78 is 0. The molecule has 0 saturated heterocycles. The Morgan fingerprint density at radius 2 is 1.70 bits per heavy atom. The Morgan fingerprint density at radius 1 is 1.00 bits per heavy atom. The Kier molecular flexibility index (Phi) is 5.77. The second-order valence-corrected chi connectivity index (χ2v) is 6.04. The third-order valence-electron chi connectivity index (χ3n) is 3.89. The molecule has 2 aromatic carbocycles. The first-order valence-electron chi connectivity index (χ1n) is 7.76. The predicted molar refractivity (Wildman–Crippen MR) is 96.0 cm³/mol. The summed E-state index contributed by atoms with van der Waals surface area (Å²) in [6, 6.07) is 18.0. The lowest BCUT2D eigenvalue weighted by atomic mass is 10.1. The zero-order valence-corrected chi connectivity index (χ0v) is 14.3. The molecule has 1 N–H and O–H groups in total. The van der Waals surface area contributed by atoms with Crippen LogP contribution < -0.4 is 10.2 Å². The van der Waals surface area contributed by atoms with Gasteiger partial charge in [-0.15, -0.1) is 0 Å². The summed E-state index contributed by atoms with van der Waals surface area (Å²) in [5.41, 5.74) is 2.89. The van der Waals surface area contributed by atoms with Crippen LogP contribution in [0.2, 0.25) is 0 Å². The van der Waals surface area contributed by atoms with Crippen molar-refractivity contribution in [3.63, 3.8) is 0 Å². The van der Waals surface area contributed by atoms with Crippen LogP contribution in [-0.4, -0.2) is 45.5 Å².